The second-order valence-electron chi connectivity index (χ2n) is 4.18. The number of carbonyl (C=O) groups is 1. The third-order valence-corrected chi connectivity index (χ3v) is 4.54. The Morgan fingerprint density at radius 2 is 1.95 bits per heavy atom. The topological polar surface area (TPSA) is 42.0 Å². The molecular formula is C13H12Br2N2OS. The highest BCUT2D eigenvalue weighted by molar-refractivity contribution is 9.11. The molecule has 1 atom stereocenters. The highest BCUT2D eigenvalue weighted by Gasteiger charge is 2.14. The smallest absolute Gasteiger partial charge is 0.251 e. The molecule has 0 saturated carbocycles. The summed E-state index contributed by atoms with van der Waals surface area (Å²) in [4.78, 5) is 16.5. The Labute approximate surface area is 132 Å². The Bertz CT molecular complexity index is 592. The van der Waals surface area contributed by atoms with Crippen LogP contribution >= 0.6 is 43.2 Å². The molecule has 0 bridgehead atoms. The van der Waals surface area contributed by atoms with Crippen molar-refractivity contribution in [1.82, 2.24) is 10.3 Å². The highest BCUT2D eigenvalue weighted by Crippen LogP contribution is 2.22. The van der Waals surface area contributed by atoms with Gasteiger partial charge < -0.3 is 5.32 Å². The Morgan fingerprint density at radius 1 is 1.32 bits per heavy atom. The summed E-state index contributed by atoms with van der Waals surface area (Å²) in [6, 6.07) is 5.38. The number of thiazole rings is 1. The molecule has 19 heavy (non-hydrogen) atoms. The normalized spacial score (nSPS) is 12.2. The van der Waals surface area contributed by atoms with E-state index in [0.717, 1.165) is 19.6 Å². The highest BCUT2D eigenvalue weighted by atomic mass is 79.9. The van der Waals surface area contributed by atoms with Gasteiger partial charge in [0, 0.05) is 25.6 Å². The van der Waals surface area contributed by atoms with Crippen LogP contribution in [-0.4, -0.2) is 10.9 Å². The molecule has 1 aromatic carbocycles. The summed E-state index contributed by atoms with van der Waals surface area (Å²) in [6.07, 6.45) is 0. The number of hydrogen-bond donors (Lipinski definition) is 1. The summed E-state index contributed by atoms with van der Waals surface area (Å²) in [5, 5.41) is 5.84. The molecule has 100 valence electrons. The lowest BCUT2D eigenvalue weighted by Gasteiger charge is -2.11. The van der Waals surface area contributed by atoms with Gasteiger partial charge in [0.1, 0.15) is 5.01 Å². The number of aryl methyl sites for hydroxylation is 1. The number of nitrogens with zero attached hydrogens (tertiary/aromatic N) is 1. The standard InChI is InChI=1S/C13H12Br2N2OS/c1-7-6-19-13(16-7)8(2)17-12(18)9-3-10(14)5-11(15)4-9/h3-6,8H,1-2H3,(H,17,18). The van der Waals surface area contributed by atoms with Crippen LogP contribution < -0.4 is 5.32 Å². The van der Waals surface area contributed by atoms with Crippen molar-refractivity contribution < 1.29 is 4.79 Å². The molecule has 0 aliphatic heterocycles. The second-order valence-corrected chi connectivity index (χ2v) is 6.90. The van der Waals surface area contributed by atoms with Crippen molar-refractivity contribution in [3.05, 3.63) is 48.8 Å². The lowest BCUT2D eigenvalue weighted by Crippen LogP contribution is -2.26. The van der Waals surface area contributed by atoms with Gasteiger partial charge in [-0.15, -0.1) is 11.3 Å². The van der Waals surface area contributed by atoms with E-state index in [0.29, 0.717) is 5.56 Å². The van der Waals surface area contributed by atoms with E-state index in [9.17, 15) is 4.79 Å². The Hall–Kier alpha value is -0.720. The van der Waals surface area contributed by atoms with Crippen LogP contribution in [-0.2, 0) is 0 Å². The molecule has 2 rings (SSSR count). The zero-order chi connectivity index (χ0) is 14.0. The maximum atomic E-state index is 12.2. The van der Waals surface area contributed by atoms with Crippen molar-refractivity contribution in [3.8, 4) is 0 Å². The molecule has 1 amide bonds. The fourth-order valence-corrected chi connectivity index (χ4v) is 3.70. The van der Waals surface area contributed by atoms with E-state index < -0.39 is 0 Å². The van der Waals surface area contributed by atoms with Gasteiger partial charge in [-0.3, -0.25) is 4.79 Å². The summed E-state index contributed by atoms with van der Waals surface area (Å²) in [6.45, 7) is 3.88. The first kappa shape index (κ1) is 14.7. The van der Waals surface area contributed by atoms with Crippen molar-refractivity contribution in [2.75, 3.05) is 0 Å². The maximum absolute atomic E-state index is 12.2. The van der Waals surface area contributed by atoms with Gasteiger partial charge in [0.2, 0.25) is 0 Å². The molecule has 0 saturated heterocycles. The first-order chi connectivity index (χ1) is 8.95. The van der Waals surface area contributed by atoms with Gasteiger partial charge in [-0.1, -0.05) is 31.9 Å². The molecule has 0 radical (unpaired) electrons. The molecule has 2 aromatic rings. The van der Waals surface area contributed by atoms with Crippen molar-refractivity contribution in [3.63, 3.8) is 0 Å². The van der Waals surface area contributed by atoms with Crippen molar-refractivity contribution in [2.24, 2.45) is 0 Å². The third kappa shape index (κ3) is 3.87. The number of amides is 1. The number of aromatic nitrogens is 1. The molecule has 1 aromatic heterocycles. The van der Waals surface area contributed by atoms with Crippen LogP contribution in [0.15, 0.2) is 32.5 Å². The van der Waals surface area contributed by atoms with Crippen LogP contribution in [0.4, 0.5) is 0 Å². The molecule has 6 heteroatoms. The van der Waals surface area contributed by atoms with Gasteiger partial charge in [-0.2, -0.15) is 0 Å². The van der Waals surface area contributed by atoms with Gasteiger partial charge >= 0.3 is 0 Å². The van der Waals surface area contributed by atoms with E-state index in [1.165, 1.54) is 0 Å². The minimum atomic E-state index is -0.109. The zero-order valence-electron chi connectivity index (χ0n) is 10.4. The molecule has 0 fully saturated rings. The summed E-state index contributed by atoms with van der Waals surface area (Å²) in [7, 11) is 0. The van der Waals surface area contributed by atoms with Crippen LogP contribution in [0.5, 0.6) is 0 Å². The quantitative estimate of drug-likeness (QED) is 0.821. The number of hydrogen-bond acceptors (Lipinski definition) is 3. The van der Waals surface area contributed by atoms with Crippen molar-refractivity contribution in [2.45, 2.75) is 19.9 Å². The first-order valence-electron chi connectivity index (χ1n) is 5.64. The van der Waals surface area contributed by atoms with E-state index in [1.807, 2.05) is 25.3 Å². The minimum Gasteiger partial charge on any atom is -0.343 e. The van der Waals surface area contributed by atoms with Crippen molar-refractivity contribution >= 4 is 49.1 Å². The van der Waals surface area contributed by atoms with Crippen LogP contribution in [0.25, 0.3) is 0 Å². The fourth-order valence-electron chi connectivity index (χ4n) is 1.60. The second kappa shape index (κ2) is 6.15. The van der Waals surface area contributed by atoms with E-state index in [4.69, 9.17) is 0 Å². The predicted molar refractivity (Wildman–Crippen MR) is 84.6 cm³/mol. The number of halogens is 2. The van der Waals surface area contributed by atoms with Gasteiger partial charge in [-0.25, -0.2) is 4.98 Å². The molecule has 3 nitrogen and oxygen atoms in total. The lowest BCUT2D eigenvalue weighted by molar-refractivity contribution is 0.0939. The molecule has 1 N–H and O–H groups in total. The average molecular weight is 404 g/mol. The van der Waals surface area contributed by atoms with E-state index in [1.54, 1.807) is 23.5 Å². The predicted octanol–water partition coefficient (Wildman–Crippen LogP) is 4.47. The Balaban J connectivity index is 2.12. The molecule has 0 aliphatic rings. The van der Waals surface area contributed by atoms with Gasteiger partial charge in [0.05, 0.1) is 6.04 Å². The largest absolute Gasteiger partial charge is 0.343 e. The molecule has 1 unspecified atom stereocenters. The average Bonchev–Trinajstić information content (AvgIpc) is 2.74. The van der Waals surface area contributed by atoms with Crippen LogP contribution in [0.3, 0.4) is 0 Å². The Kier molecular flexibility index (Phi) is 4.76. The number of rotatable bonds is 3. The zero-order valence-corrected chi connectivity index (χ0v) is 14.4. The first-order valence-corrected chi connectivity index (χ1v) is 8.11. The summed E-state index contributed by atoms with van der Waals surface area (Å²) in [5.74, 6) is -0.109. The SMILES string of the molecule is Cc1csc(C(C)NC(=O)c2cc(Br)cc(Br)c2)n1. The van der Waals surface area contributed by atoms with Crippen LogP contribution in [0, 0.1) is 6.92 Å². The third-order valence-electron chi connectivity index (χ3n) is 2.48. The number of benzene rings is 1. The lowest BCUT2D eigenvalue weighted by atomic mass is 10.2. The Morgan fingerprint density at radius 3 is 2.47 bits per heavy atom. The molecular weight excluding hydrogens is 392 g/mol. The summed E-state index contributed by atoms with van der Waals surface area (Å²) >= 11 is 8.31. The van der Waals surface area contributed by atoms with Gasteiger partial charge in [0.25, 0.3) is 5.91 Å². The van der Waals surface area contributed by atoms with Crippen molar-refractivity contribution in [1.29, 1.82) is 0 Å². The molecule has 0 spiro atoms. The number of nitrogens with one attached hydrogen (secondary N) is 1. The van der Waals surface area contributed by atoms with Gasteiger partial charge in [0.15, 0.2) is 0 Å². The minimum absolute atomic E-state index is 0.0936. The summed E-state index contributed by atoms with van der Waals surface area (Å²) < 4.78 is 1.73. The van der Waals surface area contributed by atoms with E-state index in [-0.39, 0.29) is 11.9 Å². The van der Waals surface area contributed by atoms with E-state index >= 15 is 0 Å². The number of carbonyl (C=O) groups excluding carboxylic acids is 1. The maximum Gasteiger partial charge on any atom is 0.251 e. The van der Waals surface area contributed by atoms with Crippen LogP contribution in [0.1, 0.15) is 34.0 Å². The fraction of sp³-hybridized carbons (Fsp3) is 0.231. The molecule has 0 aliphatic carbocycles. The van der Waals surface area contributed by atoms with Gasteiger partial charge in [-0.05, 0) is 32.0 Å². The molecule has 1 heterocycles. The van der Waals surface area contributed by atoms with Crippen LogP contribution in [0.2, 0.25) is 0 Å². The monoisotopic (exact) mass is 402 g/mol. The summed E-state index contributed by atoms with van der Waals surface area (Å²) in [5.41, 5.74) is 1.59. The van der Waals surface area contributed by atoms with E-state index in [2.05, 4.69) is 42.2 Å².